The van der Waals surface area contributed by atoms with Gasteiger partial charge in [-0.3, -0.25) is 9.59 Å². The molecule has 0 unspecified atom stereocenters. The lowest BCUT2D eigenvalue weighted by Gasteiger charge is -2.26. The average molecular weight is 448 g/mol. The van der Waals surface area contributed by atoms with Crippen LogP contribution in [0.15, 0.2) is 84.4 Å². The smallest absolute Gasteiger partial charge is 0.295 e. The molecular weight excluding hydrogens is 426 g/mol. The molecule has 1 N–H and O–H groups in total. The molecule has 0 spiro atoms. The summed E-state index contributed by atoms with van der Waals surface area (Å²) in [5.41, 5.74) is 2.09. The second-order valence-electron chi connectivity index (χ2n) is 7.48. The van der Waals surface area contributed by atoms with E-state index in [-0.39, 0.29) is 11.3 Å². The number of rotatable bonds is 6. The van der Waals surface area contributed by atoms with Crippen LogP contribution in [0.5, 0.6) is 5.75 Å². The van der Waals surface area contributed by atoms with Crippen molar-refractivity contribution < 1.29 is 19.4 Å². The fourth-order valence-corrected chi connectivity index (χ4v) is 4.17. The molecule has 1 amide bonds. The Kier molecular flexibility index (Phi) is 6.28. The van der Waals surface area contributed by atoms with Gasteiger partial charge in [-0.1, -0.05) is 60.1 Å². The molecule has 3 aromatic carbocycles. The molecule has 1 saturated heterocycles. The Hall–Kier alpha value is -3.57. The van der Waals surface area contributed by atoms with Crippen molar-refractivity contribution >= 4 is 29.1 Å². The van der Waals surface area contributed by atoms with Crippen molar-refractivity contribution in [1.82, 2.24) is 4.90 Å². The van der Waals surface area contributed by atoms with E-state index in [9.17, 15) is 14.7 Å². The third-order valence-corrected chi connectivity index (χ3v) is 5.93. The van der Waals surface area contributed by atoms with Crippen molar-refractivity contribution in [3.63, 3.8) is 0 Å². The van der Waals surface area contributed by atoms with Crippen molar-refractivity contribution in [1.29, 1.82) is 0 Å². The number of ether oxygens (including phenoxy) is 1. The minimum Gasteiger partial charge on any atom is -0.507 e. The minimum atomic E-state index is -0.783. The van der Waals surface area contributed by atoms with Crippen molar-refractivity contribution in [3.05, 3.63) is 106 Å². The predicted molar refractivity (Wildman–Crippen MR) is 124 cm³/mol. The number of ketones is 1. The monoisotopic (exact) mass is 447 g/mol. The Morgan fingerprint density at radius 3 is 2.28 bits per heavy atom. The van der Waals surface area contributed by atoms with E-state index < -0.39 is 17.7 Å². The topological polar surface area (TPSA) is 66.8 Å². The van der Waals surface area contributed by atoms with Gasteiger partial charge in [-0.2, -0.15) is 0 Å². The van der Waals surface area contributed by atoms with Gasteiger partial charge >= 0.3 is 0 Å². The van der Waals surface area contributed by atoms with Crippen molar-refractivity contribution in [2.75, 3.05) is 13.7 Å². The van der Waals surface area contributed by atoms with Crippen LogP contribution in [0.2, 0.25) is 5.02 Å². The first-order valence-corrected chi connectivity index (χ1v) is 10.6. The SMILES string of the molecule is COc1ccc(C(O)=C2C(=O)C(=O)N(CCc3ccccc3)[C@H]2c2ccccc2Cl)cc1. The number of amides is 1. The van der Waals surface area contributed by atoms with Crippen LogP contribution in [-0.2, 0) is 16.0 Å². The van der Waals surface area contributed by atoms with Gasteiger partial charge in [0.15, 0.2) is 0 Å². The summed E-state index contributed by atoms with van der Waals surface area (Å²) in [6, 6.07) is 22.7. The summed E-state index contributed by atoms with van der Waals surface area (Å²) in [5, 5.41) is 11.5. The molecular formula is C26H22ClNO4. The molecule has 0 aromatic heterocycles. The zero-order valence-corrected chi connectivity index (χ0v) is 18.3. The highest BCUT2D eigenvalue weighted by Crippen LogP contribution is 2.41. The van der Waals surface area contributed by atoms with Crippen molar-refractivity contribution in [2.45, 2.75) is 12.5 Å². The van der Waals surface area contributed by atoms with Crippen LogP contribution < -0.4 is 4.74 Å². The molecule has 162 valence electrons. The first kappa shape index (κ1) is 21.7. The summed E-state index contributed by atoms with van der Waals surface area (Å²) in [6.45, 7) is 0.309. The Morgan fingerprint density at radius 2 is 1.62 bits per heavy atom. The molecule has 3 aromatic rings. The summed E-state index contributed by atoms with van der Waals surface area (Å²) in [6.07, 6.45) is 0.567. The molecule has 1 aliphatic heterocycles. The second-order valence-corrected chi connectivity index (χ2v) is 7.89. The maximum atomic E-state index is 13.1. The highest BCUT2D eigenvalue weighted by atomic mass is 35.5. The Morgan fingerprint density at radius 1 is 0.969 bits per heavy atom. The first-order chi connectivity index (χ1) is 15.5. The lowest BCUT2D eigenvalue weighted by Crippen LogP contribution is -2.31. The fourth-order valence-electron chi connectivity index (χ4n) is 3.93. The Labute approximate surface area is 191 Å². The number of halogens is 1. The van der Waals surface area contributed by atoms with Crippen LogP contribution in [0, 0.1) is 0 Å². The zero-order valence-electron chi connectivity index (χ0n) is 17.5. The lowest BCUT2D eigenvalue weighted by molar-refractivity contribution is -0.139. The predicted octanol–water partition coefficient (Wildman–Crippen LogP) is 5.01. The number of hydrogen-bond acceptors (Lipinski definition) is 4. The van der Waals surface area contributed by atoms with Gasteiger partial charge in [0.1, 0.15) is 11.5 Å². The molecule has 5 nitrogen and oxygen atoms in total. The zero-order chi connectivity index (χ0) is 22.7. The van der Waals surface area contributed by atoms with Crippen LogP contribution in [-0.4, -0.2) is 35.4 Å². The minimum absolute atomic E-state index is 0.0290. The molecule has 0 aliphatic carbocycles. The van der Waals surface area contributed by atoms with E-state index in [1.807, 2.05) is 30.3 Å². The molecule has 1 heterocycles. The first-order valence-electron chi connectivity index (χ1n) is 10.2. The third-order valence-electron chi connectivity index (χ3n) is 5.59. The summed E-state index contributed by atoms with van der Waals surface area (Å²) in [4.78, 5) is 27.6. The van der Waals surface area contributed by atoms with Crippen LogP contribution in [0.1, 0.15) is 22.7 Å². The molecule has 0 saturated carbocycles. The molecule has 1 fully saturated rings. The molecule has 0 bridgehead atoms. The van der Waals surface area contributed by atoms with Gasteiger partial charge in [-0.15, -0.1) is 0 Å². The number of benzene rings is 3. The second kappa shape index (κ2) is 9.28. The number of methoxy groups -OCH3 is 1. The maximum Gasteiger partial charge on any atom is 0.295 e. The summed E-state index contributed by atoms with van der Waals surface area (Å²) in [5.74, 6) is -0.997. The van der Waals surface area contributed by atoms with E-state index in [4.69, 9.17) is 16.3 Å². The number of hydrogen-bond donors (Lipinski definition) is 1. The number of aliphatic hydroxyl groups excluding tert-OH is 1. The Balaban J connectivity index is 1.79. The number of aliphatic hydroxyl groups is 1. The van der Waals surface area contributed by atoms with Gasteiger partial charge in [-0.05, 0) is 47.9 Å². The number of carbonyl (C=O) groups is 2. The molecule has 6 heteroatoms. The summed E-state index contributed by atoms with van der Waals surface area (Å²) in [7, 11) is 1.55. The van der Waals surface area contributed by atoms with Crippen LogP contribution >= 0.6 is 11.6 Å². The number of Topliss-reactive ketones (excluding diaryl/α,β-unsaturated/α-hetero) is 1. The van der Waals surface area contributed by atoms with Gasteiger partial charge < -0.3 is 14.7 Å². The highest BCUT2D eigenvalue weighted by molar-refractivity contribution is 6.47. The van der Waals surface area contributed by atoms with E-state index in [2.05, 4.69) is 0 Å². The lowest BCUT2D eigenvalue weighted by atomic mass is 9.95. The standard InChI is InChI=1S/C26H22ClNO4/c1-32-19-13-11-18(12-14-19)24(29)22-23(20-9-5-6-10-21(20)27)28(26(31)25(22)30)16-15-17-7-3-2-4-8-17/h2-14,23,29H,15-16H2,1H3/t23-/m0/s1. The van der Waals surface area contributed by atoms with E-state index >= 15 is 0 Å². The van der Waals surface area contributed by atoms with Crippen molar-refractivity contribution in [3.8, 4) is 5.75 Å². The quantitative estimate of drug-likeness (QED) is 0.327. The van der Waals surface area contributed by atoms with Crippen molar-refractivity contribution in [2.24, 2.45) is 0 Å². The van der Waals surface area contributed by atoms with E-state index in [1.54, 1.807) is 55.6 Å². The van der Waals surface area contributed by atoms with Gasteiger partial charge in [0, 0.05) is 17.1 Å². The molecule has 32 heavy (non-hydrogen) atoms. The van der Waals surface area contributed by atoms with E-state index in [0.717, 1.165) is 5.56 Å². The number of nitrogens with zero attached hydrogens (tertiary/aromatic N) is 1. The summed E-state index contributed by atoms with van der Waals surface area (Å²) < 4.78 is 5.17. The van der Waals surface area contributed by atoms with Gasteiger partial charge in [0.05, 0.1) is 18.7 Å². The van der Waals surface area contributed by atoms with Gasteiger partial charge in [0.25, 0.3) is 11.7 Å². The highest BCUT2D eigenvalue weighted by Gasteiger charge is 2.46. The van der Waals surface area contributed by atoms with Crippen LogP contribution in [0.4, 0.5) is 0 Å². The molecule has 4 rings (SSSR count). The third kappa shape index (κ3) is 4.12. The van der Waals surface area contributed by atoms with Gasteiger partial charge in [-0.25, -0.2) is 0 Å². The van der Waals surface area contributed by atoms with Crippen LogP contribution in [0.3, 0.4) is 0 Å². The van der Waals surface area contributed by atoms with Gasteiger partial charge in [0.2, 0.25) is 0 Å². The van der Waals surface area contributed by atoms with E-state index in [1.165, 1.54) is 4.90 Å². The summed E-state index contributed by atoms with van der Waals surface area (Å²) >= 11 is 6.47. The van der Waals surface area contributed by atoms with Crippen LogP contribution in [0.25, 0.3) is 5.76 Å². The number of carbonyl (C=O) groups excluding carboxylic acids is 2. The largest absolute Gasteiger partial charge is 0.507 e. The fraction of sp³-hybridized carbons (Fsp3) is 0.154. The number of likely N-dealkylation sites (tertiary alicyclic amines) is 1. The normalized spacial score (nSPS) is 17.6. The molecule has 1 aliphatic rings. The molecule has 1 atom stereocenters. The van der Waals surface area contributed by atoms with E-state index in [0.29, 0.717) is 34.9 Å². The molecule has 0 radical (unpaired) electrons. The Bertz CT molecular complexity index is 1170. The average Bonchev–Trinajstić information content (AvgIpc) is 3.08. The maximum absolute atomic E-state index is 13.1.